The molecule has 1 aromatic heterocycles. The predicted octanol–water partition coefficient (Wildman–Crippen LogP) is 2.92. The van der Waals surface area contributed by atoms with E-state index >= 15 is 0 Å². The Kier molecular flexibility index (Phi) is 5.03. The zero-order valence-electron chi connectivity index (χ0n) is 13.9. The maximum Gasteiger partial charge on any atom is 0.245 e. The van der Waals surface area contributed by atoms with Gasteiger partial charge in [-0.25, -0.2) is 4.68 Å². The van der Waals surface area contributed by atoms with Gasteiger partial charge in [0.1, 0.15) is 5.82 Å². The van der Waals surface area contributed by atoms with Crippen molar-refractivity contribution in [1.82, 2.24) is 14.7 Å². The topological polar surface area (TPSA) is 67.2 Å². The third-order valence-corrected chi connectivity index (χ3v) is 4.67. The van der Waals surface area contributed by atoms with Gasteiger partial charge in [-0.2, -0.15) is 5.10 Å². The van der Waals surface area contributed by atoms with Gasteiger partial charge < -0.3 is 10.2 Å². The smallest absolute Gasteiger partial charge is 0.245 e. The fraction of sp³-hybridized carbons (Fsp3) is 0.278. The Morgan fingerprint density at radius 1 is 1.40 bits per heavy atom. The molecule has 1 atom stereocenters. The standard InChI is InChI=1S/C18H19BrN4O2/c1-3-17(24)22-8-7-13(11-22)18(25)20-16-9-12(2)21-23(16)15-6-4-5-14(19)10-15/h3-6,9-10,13H,1,7-8,11H2,2H3,(H,20,25). The summed E-state index contributed by atoms with van der Waals surface area (Å²) < 4.78 is 2.64. The van der Waals surface area contributed by atoms with Crippen LogP contribution in [-0.2, 0) is 9.59 Å². The molecule has 6 nitrogen and oxygen atoms in total. The average Bonchev–Trinajstić information content (AvgIpc) is 3.21. The number of nitrogens with zero attached hydrogens (tertiary/aromatic N) is 3. The molecule has 1 saturated heterocycles. The van der Waals surface area contributed by atoms with Crippen LogP contribution in [0, 0.1) is 12.8 Å². The normalized spacial score (nSPS) is 16.7. The van der Waals surface area contributed by atoms with E-state index in [-0.39, 0.29) is 17.7 Å². The maximum atomic E-state index is 12.6. The van der Waals surface area contributed by atoms with Gasteiger partial charge in [0.05, 0.1) is 17.3 Å². The average molecular weight is 403 g/mol. The van der Waals surface area contributed by atoms with Crippen molar-refractivity contribution in [2.75, 3.05) is 18.4 Å². The van der Waals surface area contributed by atoms with Crippen molar-refractivity contribution >= 4 is 33.6 Å². The van der Waals surface area contributed by atoms with Crippen molar-refractivity contribution in [2.24, 2.45) is 5.92 Å². The van der Waals surface area contributed by atoms with Crippen molar-refractivity contribution in [2.45, 2.75) is 13.3 Å². The van der Waals surface area contributed by atoms with Crippen LogP contribution in [0.2, 0.25) is 0 Å². The molecule has 2 amide bonds. The molecule has 0 bridgehead atoms. The van der Waals surface area contributed by atoms with E-state index in [1.165, 1.54) is 6.08 Å². The first-order valence-electron chi connectivity index (χ1n) is 8.02. The molecule has 3 rings (SSSR count). The minimum Gasteiger partial charge on any atom is -0.338 e. The van der Waals surface area contributed by atoms with Crippen LogP contribution in [0.1, 0.15) is 12.1 Å². The third-order valence-electron chi connectivity index (χ3n) is 4.18. The lowest BCUT2D eigenvalue weighted by Crippen LogP contribution is -2.30. The Morgan fingerprint density at radius 3 is 2.92 bits per heavy atom. The summed E-state index contributed by atoms with van der Waals surface area (Å²) in [4.78, 5) is 25.9. The van der Waals surface area contributed by atoms with E-state index in [4.69, 9.17) is 0 Å². The predicted molar refractivity (Wildman–Crippen MR) is 99.5 cm³/mol. The highest BCUT2D eigenvalue weighted by Crippen LogP contribution is 2.23. The lowest BCUT2D eigenvalue weighted by Gasteiger charge is -2.15. The second-order valence-corrected chi connectivity index (χ2v) is 6.94. The highest BCUT2D eigenvalue weighted by molar-refractivity contribution is 9.10. The number of amides is 2. The number of rotatable bonds is 4. The quantitative estimate of drug-likeness (QED) is 0.799. The number of halogens is 1. The summed E-state index contributed by atoms with van der Waals surface area (Å²) in [5.74, 6) is 0.157. The first-order chi connectivity index (χ1) is 12.0. The summed E-state index contributed by atoms with van der Waals surface area (Å²) in [6.45, 7) is 6.36. The Balaban J connectivity index is 1.76. The third kappa shape index (κ3) is 3.82. The van der Waals surface area contributed by atoms with Gasteiger partial charge in [0, 0.05) is 23.6 Å². The summed E-state index contributed by atoms with van der Waals surface area (Å²) in [5.41, 5.74) is 1.66. The Bertz CT molecular complexity index is 830. The fourth-order valence-electron chi connectivity index (χ4n) is 2.93. The van der Waals surface area contributed by atoms with Crippen LogP contribution in [0.25, 0.3) is 5.69 Å². The van der Waals surface area contributed by atoms with Gasteiger partial charge in [-0.15, -0.1) is 0 Å². The van der Waals surface area contributed by atoms with Crippen LogP contribution in [0.15, 0.2) is 47.5 Å². The van der Waals surface area contributed by atoms with Gasteiger partial charge in [-0.3, -0.25) is 9.59 Å². The zero-order chi connectivity index (χ0) is 18.0. The number of carbonyl (C=O) groups excluding carboxylic acids is 2. The van der Waals surface area contributed by atoms with Gasteiger partial charge in [0.25, 0.3) is 0 Å². The molecule has 130 valence electrons. The number of benzene rings is 1. The van der Waals surface area contributed by atoms with Crippen molar-refractivity contribution in [3.63, 3.8) is 0 Å². The number of nitrogens with one attached hydrogen (secondary N) is 1. The molecule has 1 unspecified atom stereocenters. The summed E-state index contributed by atoms with van der Waals surface area (Å²) in [6.07, 6.45) is 1.93. The Morgan fingerprint density at radius 2 is 2.20 bits per heavy atom. The Hall–Kier alpha value is -2.41. The molecule has 1 N–H and O–H groups in total. The fourth-order valence-corrected chi connectivity index (χ4v) is 3.31. The highest BCUT2D eigenvalue weighted by Gasteiger charge is 2.30. The molecule has 1 fully saturated rings. The highest BCUT2D eigenvalue weighted by atomic mass is 79.9. The molecule has 0 spiro atoms. The summed E-state index contributed by atoms with van der Waals surface area (Å²) >= 11 is 3.45. The summed E-state index contributed by atoms with van der Waals surface area (Å²) in [5, 5.41) is 7.41. The molecule has 0 saturated carbocycles. The van der Waals surface area contributed by atoms with E-state index in [1.807, 2.05) is 37.3 Å². The lowest BCUT2D eigenvalue weighted by atomic mass is 10.1. The molecular weight excluding hydrogens is 384 g/mol. The van der Waals surface area contributed by atoms with E-state index in [1.54, 1.807) is 9.58 Å². The van der Waals surface area contributed by atoms with Crippen LogP contribution in [0.5, 0.6) is 0 Å². The van der Waals surface area contributed by atoms with E-state index in [0.29, 0.717) is 25.3 Å². The van der Waals surface area contributed by atoms with E-state index in [2.05, 4.69) is 32.9 Å². The molecule has 1 aromatic carbocycles. The van der Waals surface area contributed by atoms with E-state index < -0.39 is 0 Å². The van der Waals surface area contributed by atoms with Crippen molar-refractivity contribution in [3.8, 4) is 5.69 Å². The molecule has 1 aliphatic heterocycles. The van der Waals surface area contributed by atoms with Crippen LogP contribution >= 0.6 is 15.9 Å². The van der Waals surface area contributed by atoms with Crippen LogP contribution in [0.4, 0.5) is 5.82 Å². The van der Waals surface area contributed by atoms with Gasteiger partial charge in [-0.05, 0) is 37.6 Å². The van der Waals surface area contributed by atoms with Gasteiger partial charge in [-0.1, -0.05) is 28.6 Å². The molecule has 0 radical (unpaired) electrons. The van der Waals surface area contributed by atoms with Crippen LogP contribution < -0.4 is 5.32 Å². The summed E-state index contributed by atoms with van der Waals surface area (Å²) in [7, 11) is 0. The zero-order valence-corrected chi connectivity index (χ0v) is 15.5. The van der Waals surface area contributed by atoms with Crippen molar-refractivity contribution in [1.29, 1.82) is 0 Å². The Labute approximate surface area is 154 Å². The largest absolute Gasteiger partial charge is 0.338 e. The second kappa shape index (κ2) is 7.23. The molecule has 1 aliphatic rings. The number of aromatic nitrogens is 2. The molecular formula is C18H19BrN4O2. The number of hydrogen-bond acceptors (Lipinski definition) is 3. The van der Waals surface area contributed by atoms with Gasteiger partial charge in [0.2, 0.25) is 11.8 Å². The maximum absolute atomic E-state index is 12.6. The second-order valence-electron chi connectivity index (χ2n) is 6.03. The molecule has 2 aromatic rings. The minimum absolute atomic E-state index is 0.101. The number of likely N-dealkylation sites (tertiary alicyclic amines) is 1. The van der Waals surface area contributed by atoms with Crippen LogP contribution in [0.3, 0.4) is 0 Å². The minimum atomic E-state index is -0.227. The van der Waals surface area contributed by atoms with Crippen molar-refractivity contribution in [3.05, 3.63) is 53.2 Å². The first-order valence-corrected chi connectivity index (χ1v) is 8.82. The van der Waals surface area contributed by atoms with Crippen LogP contribution in [-0.4, -0.2) is 39.6 Å². The van der Waals surface area contributed by atoms with E-state index in [9.17, 15) is 9.59 Å². The van der Waals surface area contributed by atoms with E-state index in [0.717, 1.165) is 15.9 Å². The monoisotopic (exact) mass is 402 g/mol. The molecule has 2 heterocycles. The number of aryl methyl sites for hydroxylation is 1. The first kappa shape index (κ1) is 17.4. The SMILES string of the molecule is C=CC(=O)N1CCC(C(=O)Nc2cc(C)nn2-c2cccc(Br)c2)C1. The number of carbonyl (C=O) groups is 2. The van der Waals surface area contributed by atoms with Gasteiger partial charge >= 0.3 is 0 Å². The number of anilines is 1. The molecule has 25 heavy (non-hydrogen) atoms. The molecule has 7 heteroatoms. The summed E-state index contributed by atoms with van der Waals surface area (Å²) in [6, 6.07) is 9.54. The number of hydrogen-bond donors (Lipinski definition) is 1. The van der Waals surface area contributed by atoms with Gasteiger partial charge in [0.15, 0.2) is 0 Å². The van der Waals surface area contributed by atoms with Crippen molar-refractivity contribution < 1.29 is 9.59 Å². The lowest BCUT2D eigenvalue weighted by molar-refractivity contribution is -0.125. The molecule has 0 aliphatic carbocycles.